The molecule has 0 fully saturated rings. The molecule has 2 rings (SSSR count). The van der Waals surface area contributed by atoms with Crippen LogP contribution in [0.1, 0.15) is 57.6 Å². The smallest absolute Gasteiger partial charge is 0.166 e. The van der Waals surface area contributed by atoms with Crippen LogP contribution in [0.5, 0.6) is 0 Å². The second kappa shape index (κ2) is 9.38. The van der Waals surface area contributed by atoms with Crippen LogP contribution in [0.2, 0.25) is 5.02 Å². The number of hydrogen-bond donors (Lipinski definition) is 0. The van der Waals surface area contributed by atoms with Gasteiger partial charge in [0.25, 0.3) is 0 Å². The molecule has 0 aliphatic heterocycles. The second-order valence-corrected chi connectivity index (χ2v) is 9.20. The van der Waals surface area contributed by atoms with Crippen LogP contribution in [0, 0.1) is 5.41 Å². The van der Waals surface area contributed by atoms with E-state index in [9.17, 15) is 13.2 Å². The molecule has 0 unspecified atom stereocenters. The molecule has 2 aromatic rings. The van der Waals surface area contributed by atoms with Gasteiger partial charge in [-0.1, -0.05) is 62.7 Å². The predicted octanol–water partition coefficient (Wildman–Crippen LogP) is 8.66. The monoisotopic (exact) mass is 414 g/mol. The molecule has 27 heavy (non-hydrogen) atoms. The second-order valence-electron chi connectivity index (χ2n) is 7.65. The summed E-state index contributed by atoms with van der Waals surface area (Å²) >= 11 is 7.71. The molecular formula is C22H26ClF3S. The van der Waals surface area contributed by atoms with Gasteiger partial charge in [0.1, 0.15) is 0 Å². The summed E-state index contributed by atoms with van der Waals surface area (Å²) in [6.07, 6.45) is 1.22. The average molecular weight is 415 g/mol. The first-order valence-electron chi connectivity index (χ1n) is 9.24. The molecule has 0 N–H and O–H groups in total. The average Bonchev–Trinajstić information content (AvgIpc) is 2.56. The quantitative estimate of drug-likeness (QED) is 0.416. The van der Waals surface area contributed by atoms with Gasteiger partial charge in [-0.2, -0.15) is 13.2 Å². The molecule has 0 radical (unpaired) electrons. The van der Waals surface area contributed by atoms with E-state index in [1.807, 2.05) is 18.2 Å². The maximum Gasteiger partial charge on any atom is 0.416 e. The van der Waals surface area contributed by atoms with E-state index >= 15 is 0 Å². The topological polar surface area (TPSA) is 0 Å². The largest absolute Gasteiger partial charge is 0.416 e. The van der Waals surface area contributed by atoms with Gasteiger partial charge in [0.05, 0.1) is 5.56 Å². The first-order valence-corrected chi connectivity index (χ1v) is 10.4. The Balaban J connectivity index is 2.00. The van der Waals surface area contributed by atoms with Gasteiger partial charge < -0.3 is 0 Å². The maximum absolute atomic E-state index is 12.8. The molecule has 0 aliphatic carbocycles. The van der Waals surface area contributed by atoms with Gasteiger partial charge in [-0.3, -0.25) is 0 Å². The van der Waals surface area contributed by atoms with Crippen LogP contribution in [-0.2, 0) is 12.6 Å². The van der Waals surface area contributed by atoms with Crippen LogP contribution >= 0.6 is 23.4 Å². The summed E-state index contributed by atoms with van der Waals surface area (Å²) in [4.78, 5) is 1.39. The molecule has 0 amide bonds. The van der Waals surface area contributed by atoms with Crippen LogP contribution in [0.4, 0.5) is 13.2 Å². The number of aryl methyl sites for hydroxylation is 1. The fourth-order valence-electron chi connectivity index (χ4n) is 3.23. The van der Waals surface area contributed by atoms with Crippen LogP contribution in [0.3, 0.4) is 0 Å². The fourth-order valence-corrected chi connectivity index (χ4v) is 4.48. The minimum absolute atomic E-state index is 0.348. The van der Waals surface area contributed by atoms with Gasteiger partial charge in [-0.25, -0.2) is 0 Å². The van der Waals surface area contributed by atoms with E-state index in [1.54, 1.807) is 6.07 Å². The van der Waals surface area contributed by atoms with Crippen molar-refractivity contribution in [3.05, 3.63) is 58.6 Å². The van der Waals surface area contributed by atoms with Crippen molar-refractivity contribution >= 4 is 23.4 Å². The third kappa shape index (κ3) is 7.08. The van der Waals surface area contributed by atoms with Gasteiger partial charge in [0.2, 0.25) is 0 Å². The van der Waals surface area contributed by atoms with Crippen LogP contribution in [0.25, 0.3) is 0 Å². The Bertz CT molecular complexity index is 753. The van der Waals surface area contributed by atoms with E-state index in [1.165, 1.54) is 36.7 Å². The molecule has 0 nitrogen and oxygen atoms in total. The summed E-state index contributed by atoms with van der Waals surface area (Å²) in [6.45, 7) is 6.80. The van der Waals surface area contributed by atoms with Crippen molar-refractivity contribution in [1.82, 2.24) is 0 Å². The predicted molar refractivity (Wildman–Crippen MR) is 109 cm³/mol. The Morgan fingerprint density at radius 3 is 2.30 bits per heavy atom. The molecule has 0 aliphatic rings. The lowest BCUT2D eigenvalue weighted by atomic mass is 9.82. The van der Waals surface area contributed by atoms with Crippen LogP contribution < -0.4 is 0 Å². The van der Waals surface area contributed by atoms with E-state index in [2.05, 4.69) is 20.8 Å². The first kappa shape index (κ1) is 22.2. The van der Waals surface area contributed by atoms with Crippen molar-refractivity contribution in [1.29, 1.82) is 0 Å². The Morgan fingerprint density at radius 2 is 1.67 bits per heavy atom. The highest BCUT2D eigenvalue weighted by molar-refractivity contribution is 7.99. The normalized spacial score (nSPS) is 12.4. The van der Waals surface area contributed by atoms with Gasteiger partial charge in [0.15, 0.2) is 0 Å². The molecule has 5 heteroatoms. The Kier molecular flexibility index (Phi) is 7.70. The van der Waals surface area contributed by atoms with E-state index < -0.39 is 11.7 Å². The van der Waals surface area contributed by atoms with Crippen LogP contribution in [-0.4, -0.2) is 0 Å². The van der Waals surface area contributed by atoms with Crippen LogP contribution in [0.15, 0.2) is 52.3 Å². The van der Waals surface area contributed by atoms with Gasteiger partial charge in [-0.15, -0.1) is 0 Å². The van der Waals surface area contributed by atoms with Gasteiger partial charge in [0, 0.05) is 14.8 Å². The maximum atomic E-state index is 12.8. The number of hydrogen-bond acceptors (Lipinski definition) is 1. The third-order valence-corrected chi connectivity index (χ3v) is 5.98. The Hall–Kier alpha value is -1.13. The molecule has 0 spiro atoms. The standard InChI is InChI=1S/C22H26ClF3S/c1-4-12-21(2,3)13-6-7-16-10-11-19(15-20(16)23)27-18-9-5-8-17(14-18)22(24,25)26/h5,8-11,14-15H,4,6-7,12-13H2,1-3H3. The molecule has 0 bridgehead atoms. The lowest BCUT2D eigenvalue weighted by Crippen LogP contribution is -2.10. The van der Waals surface area contributed by atoms with E-state index in [-0.39, 0.29) is 0 Å². The first-order chi connectivity index (χ1) is 12.6. The van der Waals surface area contributed by atoms with Gasteiger partial charge in [-0.05, 0) is 67.0 Å². The van der Waals surface area contributed by atoms with E-state index in [4.69, 9.17) is 11.6 Å². The Labute approximate surface area is 169 Å². The summed E-state index contributed by atoms with van der Waals surface area (Å²) in [7, 11) is 0. The lowest BCUT2D eigenvalue weighted by molar-refractivity contribution is -0.137. The molecule has 2 aromatic carbocycles. The molecule has 0 saturated heterocycles. The zero-order valence-electron chi connectivity index (χ0n) is 16.0. The summed E-state index contributed by atoms with van der Waals surface area (Å²) in [6, 6.07) is 11.1. The minimum atomic E-state index is -4.33. The number of rotatable bonds is 8. The SMILES string of the molecule is CCCC(C)(C)CCCc1ccc(Sc2cccc(C(F)(F)F)c2)cc1Cl. The van der Waals surface area contributed by atoms with Crippen molar-refractivity contribution in [2.24, 2.45) is 5.41 Å². The summed E-state index contributed by atoms with van der Waals surface area (Å²) in [5, 5.41) is 0.681. The molecule has 0 aromatic heterocycles. The molecule has 148 valence electrons. The highest BCUT2D eigenvalue weighted by atomic mass is 35.5. The van der Waals surface area contributed by atoms with Crippen molar-refractivity contribution in [3.8, 4) is 0 Å². The lowest BCUT2D eigenvalue weighted by Gasteiger charge is -2.23. The fraction of sp³-hybridized carbons (Fsp3) is 0.455. The summed E-state index contributed by atoms with van der Waals surface area (Å²) in [5.74, 6) is 0. The number of halogens is 4. The minimum Gasteiger partial charge on any atom is -0.166 e. The molecule has 0 heterocycles. The van der Waals surface area contributed by atoms with Crippen molar-refractivity contribution in [3.63, 3.8) is 0 Å². The zero-order valence-corrected chi connectivity index (χ0v) is 17.6. The van der Waals surface area contributed by atoms with Gasteiger partial charge >= 0.3 is 6.18 Å². The Morgan fingerprint density at radius 1 is 0.963 bits per heavy atom. The highest BCUT2D eigenvalue weighted by Crippen LogP contribution is 2.36. The third-order valence-electron chi connectivity index (χ3n) is 4.65. The zero-order chi connectivity index (χ0) is 20.1. The van der Waals surface area contributed by atoms with Crippen molar-refractivity contribution in [2.75, 3.05) is 0 Å². The highest BCUT2D eigenvalue weighted by Gasteiger charge is 2.30. The van der Waals surface area contributed by atoms with E-state index in [0.29, 0.717) is 15.3 Å². The van der Waals surface area contributed by atoms with E-state index in [0.717, 1.165) is 35.8 Å². The summed E-state index contributed by atoms with van der Waals surface area (Å²) < 4.78 is 38.5. The van der Waals surface area contributed by atoms with Crippen molar-refractivity contribution < 1.29 is 13.2 Å². The summed E-state index contributed by atoms with van der Waals surface area (Å²) in [5.41, 5.74) is 0.808. The number of alkyl halides is 3. The molecular weight excluding hydrogens is 389 g/mol. The van der Waals surface area contributed by atoms with Crippen molar-refractivity contribution in [2.45, 2.75) is 68.8 Å². The number of benzene rings is 2. The molecule has 0 atom stereocenters. The molecule has 0 saturated carbocycles.